The molecule has 6 aromatic carbocycles. The molecule has 0 aliphatic carbocycles. The topological polar surface area (TPSA) is 0 Å². The molecule has 0 bridgehead atoms. The summed E-state index contributed by atoms with van der Waals surface area (Å²) in [6, 6.07) is 0. The Morgan fingerprint density at radius 3 is 1.08 bits per heavy atom. The third kappa shape index (κ3) is 10.1. The minimum Gasteiger partial charge on any atom is -0.113 e. The van der Waals surface area contributed by atoms with Crippen molar-refractivity contribution in [2.75, 3.05) is 0 Å². The van der Waals surface area contributed by atoms with Crippen LogP contribution in [-0.2, 0) is 0 Å². The van der Waals surface area contributed by atoms with Gasteiger partial charge in [0.25, 0.3) is 0 Å². The molecule has 0 fully saturated rings. The minimum absolute atomic E-state index is 0.138. The summed E-state index contributed by atoms with van der Waals surface area (Å²) in [5.74, 6) is 0. The van der Waals surface area contributed by atoms with Gasteiger partial charge in [-0.05, 0) is 217 Å². The highest BCUT2D eigenvalue weighted by molar-refractivity contribution is 7.89. The van der Waals surface area contributed by atoms with Gasteiger partial charge in [-0.15, -0.1) is 10.9 Å². The van der Waals surface area contributed by atoms with Crippen LogP contribution in [-0.4, -0.2) is 239 Å². The molecule has 0 amide bonds. The zero-order valence-corrected chi connectivity index (χ0v) is 47.1. The lowest BCUT2D eigenvalue weighted by Gasteiger charge is -2.42. The molecule has 0 N–H and O–H groups in total. The summed E-state index contributed by atoms with van der Waals surface area (Å²) in [4.78, 5) is 0. The Kier molecular flexibility index (Phi) is 20.3. The van der Waals surface area contributed by atoms with Gasteiger partial charge >= 0.3 is 0 Å². The molecule has 0 aliphatic rings. The van der Waals surface area contributed by atoms with Gasteiger partial charge in [0.1, 0.15) is 7.85 Å². The Morgan fingerprint density at radius 2 is 0.711 bits per heavy atom. The van der Waals surface area contributed by atoms with Crippen molar-refractivity contribution in [3.63, 3.8) is 0 Å². The zero-order chi connectivity index (χ0) is 57.5. The molecule has 0 nitrogen and oxygen atoms in total. The second-order valence-electron chi connectivity index (χ2n) is 21.6. The highest BCUT2D eigenvalue weighted by Crippen LogP contribution is 2.49. The number of aryl methyl sites for hydroxylation is 4. The lowest BCUT2D eigenvalue weighted by molar-refractivity contribution is 1.17. The Morgan fingerprint density at radius 1 is 0.303 bits per heavy atom. The number of hydrogen-bond acceptors (Lipinski definition) is 0. The van der Waals surface area contributed by atoms with Crippen molar-refractivity contribution >= 4 is 309 Å². The smallest absolute Gasteiger partial charge is 0.113 e. The van der Waals surface area contributed by atoms with Crippen LogP contribution in [0.4, 0.5) is 0 Å². The normalized spacial score (nSPS) is 11.1. The summed E-state index contributed by atoms with van der Waals surface area (Å²) < 4.78 is 0. The Labute approximate surface area is 490 Å². The Balaban J connectivity index is 2.16. The van der Waals surface area contributed by atoms with E-state index in [9.17, 15) is 0 Å². The second kappa shape index (κ2) is 24.4. The van der Waals surface area contributed by atoms with Crippen molar-refractivity contribution in [1.29, 1.82) is 0 Å². The van der Waals surface area contributed by atoms with Crippen LogP contribution in [0.3, 0.4) is 0 Å². The van der Waals surface area contributed by atoms with Crippen LogP contribution in [0.5, 0.6) is 0 Å². The van der Waals surface area contributed by atoms with E-state index in [0.29, 0.717) is 32.7 Å². The predicted octanol–water partition coefficient (Wildman–Crippen LogP) is -5.85. The summed E-state index contributed by atoms with van der Waals surface area (Å²) in [6.07, 6.45) is -7.31. The third-order valence-electron chi connectivity index (χ3n) is 17.7. The Bertz CT molecular complexity index is 3240. The average molecular weight is 913 g/mol. The van der Waals surface area contributed by atoms with Crippen LogP contribution in [0.15, 0.2) is 0 Å². The van der Waals surface area contributed by atoms with E-state index in [0.717, 1.165) is 55.1 Å². The first-order valence-electron chi connectivity index (χ1n) is 25.9. The van der Waals surface area contributed by atoms with E-state index in [2.05, 4.69) is 90.0 Å². The predicted molar refractivity (Wildman–Crippen MR) is 379 cm³/mol. The van der Waals surface area contributed by atoms with Crippen LogP contribution in [0.2, 0.25) is 0 Å². The first-order valence-corrected chi connectivity index (χ1v) is 25.9. The highest BCUT2D eigenvalue weighted by atomic mass is 14.3. The number of fused-ring (bicyclic) bond motifs is 3. The number of benzene rings is 6. The highest BCUT2D eigenvalue weighted by Gasteiger charge is 2.42. The molecule has 310 valence electrons. The fraction of sp³-hybridized carbons (Fsp3) is 0.302. The lowest BCUT2D eigenvalue weighted by Crippen LogP contribution is -2.80. The fourth-order valence-corrected chi connectivity index (χ4v) is 13.0. The standard InChI is InChI=1S/C43H39B33/c1-14-15(2)19(6)27(20(7)16(14)3)30-23(10)17(4)21(8)28-26(13)33-29(25(12)32(28)30)22(9)18(5)24(11)31(33)35-38(62-45)37(44)34-36(39(35)66(49)63-46)40(67(50)71(51)52)42(68(64-47)72(53)54)43(69(73(55)56)74(57)58)41(34)70(75(59)60)76(61)65-48/h1-13H3. The van der Waals surface area contributed by atoms with Gasteiger partial charge in [-0.2, -0.15) is 0 Å². The van der Waals surface area contributed by atoms with E-state index in [4.69, 9.17) is 139 Å². The molecule has 76 heavy (non-hydrogen) atoms. The summed E-state index contributed by atoms with van der Waals surface area (Å²) in [5.41, 5.74) is 21.1. The molecule has 33 heteroatoms. The summed E-state index contributed by atoms with van der Waals surface area (Å²) in [6.45, 7) is 22.9. The van der Waals surface area contributed by atoms with Gasteiger partial charge in [-0.3, -0.25) is 0 Å². The van der Waals surface area contributed by atoms with E-state index in [1.54, 1.807) is 0 Å². The number of hydrogen-bond donors (Lipinski definition) is 0. The number of rotatable bonds is 17. The van der Waals surface area contributed by atoms with Gasteiger partial charge in [-0.25, -0.2) is 0 Å². The molecule has 0 saturated carbocycles. The van der Waals surface area contributed by atoms with E-state index in [1.165, 1.54) is 83.8 Å². The largest absolute Gasteiger partial charge is 0.113 e. The van der Waals surface area contributed by atoms with Crippen molar-refractivity contribution in [3.05, 3.63) is 72.3 Å². The minimum atomic E-state index is -1.26. The zero-order valence-electron chi connectivity index (χ0n) is 47.1. The van der Waals surface area contributed by atoms with E-state index in [1.807, 2.05) is 0 Å². The molecule has 0 aromatic heterocycles. The van der Waals surface area contributed by atoms with Gasteiger partial charge < -0.3 is 0 Å². The van der Waals surface area contributed by atoms with Crippen molar-refractivity contribution in [2.24, 2.45) is 0 Å². The van der Waals surface area contributed by atoms with Crippen molar-refractivity contribution in [2.45, 2.75) is 90.0 Å². The van der Waals surface area contributed by atoms with Crippen LogP contribution < -0.4 is 38.2 Å². The maximum Gasteiger partial charge on any atom is 0.113 e. The molecule has 0 aliphatic heterocycles. The van der Waals surface area contributed by atoms with E-state index in [-0.39, 0.29) is 21.9 Å². The SMILES string of the molecule is [B][B]B([B])B(B([B])[B])c1c(B(B([B])[B])B([B])[B])c(B([B][B])B([B])[B])c(B([B])B([B])[B])c2c(B([B])[B][B])c(-c3c(C)c(C)c(C)c4c(C)c5c(-c6c(C)c(C)c(C)c(C)c6C)c(C)c(C)c(C)c5c(C)c34)c([B][B])c([B])c12. The maximum atomic E-state index is 7.80. The average Bonchev–Trinajstić information content (AvgIpc) is 3.36. The van der Waals surface area contributed by atoms with E-state index >= 15 is 0 Å². The molecular weight excluding hydrogens is 873 g/mol. The van der Waals surface area contributed by atoms with Gasteiger partial charge in [-0.1, -0.05) is 27.3 Å². The summed E-state index contributed by atoms with van der Waals surface area (Å²) in [5, 5.41) is 4.97. The van der Waals surface area contributed by atoms with E-state index < -0.39 is 70.8 Å². The van der Waals surface area contributed by atoms with Crippen molar-refractivity contribution < 1.29 is 0 Å². The molecule has 0 spiro atoms. The van der Waals surface area contributed by atoms with Gasteiger partial charge in [0.2, 0.25) is 0 Å². The molecule has 40 radical (unpaired) electrons. The quantitative estimate of drug-likeness (QED) is 0.0634. The molecule has 0 atom stereocenters. The van der Waals surface area contributed by atoms with Gasteiger partial charge in [0, 0.05) is 191 Å². The molecule has 6 aromatic rings. The van der Waals surface area contributed by atoms with Crippen LogP contribution in [0.25, 0.3) is 54.6 Å². The maximum absolute atomic E-state index is 7.80. The lowest BCUT2D eigenvalue weighted by atomic mass is 8.66. The third-order valence-corrected chi connectivity index (χ3v) is 17.7. The summed E-state index contributed by atoms with van der Waals surface area (Å²) >= 11 is 0. The first-order chi connectivity index (χ1) is 35.4. The molecular formula is C43H39B33. The summed E-state index contributed by atoms with van der Waals surface area (Å²) in [7, 11) is 129. The molecule has 0 heterocycles. The van der Waals surface area contributed by atoms with Crippen molar-refractivity contribution in [3.8, 4) is 22.3 Å². The van der Waals surface area contributed by atoms with Crippen LogP contribution >= 0.6 is 0 Å². The van der Waals surface area contributed by atoms with Gasteiger partial charge in [0.15, 0.2) is 0 Å². The van der Waals surface area contributed by atoms with Crippen LogP contribution in [0, 0.1) is 90.0 Å². The fourth-order valence-electron chi connectivity index (χ4n) is 13.0. The molecule has 0 saturated heterocycles. The molecule has 0 unspecified atom stereocenters. The Hall–Kier alpha value is -1.76. The van der Waals surface area contributed by atoms with Crippen molar-refractivity contribution in [1.82, 2.24) is 0 Å². The monoisotopic (exact) mass is 919 g/mol. The second-order valence-corrected chi connectivity index (χ2v) is 21.6. The first kappa shape index (κ1) is 63.4. The molecule has 6 rings (SSSR count). The van der Waals surface area contributed by atoms with Crippen LogP contribution in [0.1, 0.15) is 72.3 Å². The van der Waals surface area contributed by atoms with Gasteiger partial charge in [0.05, 0.1) is 39.6 Å².